The molecule has 0 amide bonds. The van der Waals surface area contributed by atoms with Crippen molar-refractivity contribution in [3.05, 3.63) is 108 Å². The van der Waals surface area contributed by atoms with Crippen molar-refractivity contribution in [3.8, 4) is 5.75 Å². The van der Waals surface area contributed by atoms with Gasteiger partial charge in [-0.2, -0.15) is 4.98 Å². The van der Waals surface area contributed by atoms with Gasteiger partial charge in [0.05, 0.1) is 6.57 Å². The number of ketones is 1. The predicted molar refractivity (Wildman–Crippen MR) is 138 cm³/mol. The van der Waals surface area contributed by atoms with E-state index in [0.717, 1.165) is 11.3 Å². The SMILES string of the molecule is [C-]#[N+]c1cccc(Nc2nccc(N(C)c3ccc(CC(=O)Cc4ccc(OC(F)(F)F)cc4)cc3)n2)c1. The summed E-state index contributed by atoms with van der Waals surface area (Å²) in [6.07, 6.45) is -2.83. The minimum absolute atomic E-state index is 0.0654. The van der Waals surface area contributed by atoms with E-state index in [0.29, 0.717) is 28.7 Å². The summed E-state index contributed by atoms with van der Waals surface area (Å²) in [5, 5.41) is 3.10. The van der Waals surface area contributed by atoms with Gasteiger partial charge in [0.1, 0.15) is 17.4 Å². The Morgan fingerprint density at radius 1 is 1.00 bits per heavy atom. The number of aromatic nitrogens is 2. The summed E-state index contributed by atoms with van der Waals surface area (Å²) in [5.74, 6) is 0.640. The van der Waals surface area contributed by atoms with E-state index in [-0.39, 0.29) is 24.4 Å². The van der Waals surface area contributed by atoms with Crippen LogP contribution in [0.1, 0.15) is 11.1 Å². The Morgan fingerprint density at radius 3 is 2.29 bits per heavy atom. The monoisotopic (exact) mass is 517 g/mol. The van der Waals surface area contributed by atoms with Gasteiger partial charge >= 0.3 is 6.36 Å². The molecule has 0 bridgehead atoms. The van der Waals surface area contributed by atoms with E-state index in [9.17, 15) is 18.0 Å². The quantitative estimate of drug-likeness (QED) is 0.247. The summed E-state index contributed by atoms with van der Waals surface area (Å²) in [6.45, 7) is 7.14. The van der Waals surface area contributed by atoms with Crippen LogP contribution in [-0.4, -0.2) is 29.2 Å². The Kier molecular flexibility index (Phi) is 7.87. The van der Waals surface area contributed by atoms with Crippen LogP contribution in [0, 0.1) is 6.57 Å². The Hall–Kier alpha value is -4.91. The molecule has 0 unspecified atom stereocenters. The molecule has 1 aromatic heterocycles. The highest BCUT2D eigenvalue weighted by molar-refractivity contribution is 5.83. The van der Waals surface area contributed by atoms with E-state index < -0.39 is 6.36 Å². The second kappa shape index (κ2) is 11.4. The largest absolute Gasteiger partial charge is 0.573 e. The Balaban J connectivity index is 1.35. The third kappa shape index (κ3) is 7.30. The van der Waals surface area contributed by atoms with Gasteiger partial charge in [-0.1, -0.05) is 36.4 Å². The van der Waals surface area contributed by atoms with E-state index >= 15 is 0 Å². The molecule has 4 rings (SSSR count). The molecule has 10 heteroatoms. The number of hydrogen-bond donors (Lipinski definition) is 1. The molecular weight excluding hydrogens is 495 g/mol. The summed E-state index contributed by atoms with van der Waals surface area (Å²) in [5.41, 5.74) is 3.48. The van der Waals surface area contributed by atoms with Crippen LogP contribution in [-0.2, 0) is 17.6 Å². The number of hydrogen-bond acceptors (Lipinski definition) is 6. The highest BCUT2D eigenvalue weighted by Gasteiger charge is 2.31. The molecule has 0 atom stereocenters. The highest BCUT2D eigenvalue weighted by Crippen LogP contribution is 2.26. The van der Waals surface area contributed by atoms with Crippen LogP contribution in [0.4, 0.5) is 42.0 Å². The highest BCUT2D eigenvalue weighted by atomic mass is 19.4. The average Bonchev–Trinajstić information content (AvgIpc) is 2.89. The lowest BCUT2D eigenvalue weighted by Crippen LogP contribution is -2.17. The van der Waals surface area contributed by atoms with Crippen molar-refractivity contribution in [1.29, 1.82) is 0 Å². The molecule has 0 aliphatic rings. The van der Waals surface area contributed by atoms with Crippen molar-refractivity contribution in [2.45, 2.75) is 19.2 Å². The van der Waals surface area contributed by atoms with Crippen LogP contribution in [0.25, 0.3) is 4.85 Å². The fraction of sp³-hybridized carbons (Fsp3) is 0.143. The summed E-state index contributed by atoms with van der Waals surface area (Å²) in [4.78, 5) is 26.6. The zero-order valence-electron chi connectivity index (χ0n) is 20.2. The van der Waals surface area contributed by atoms with Crippen LogP contribution in [0.3, 0.4) is 0 Å². The number of nitrogens with one attached hydrogen (secondary N) is 1. The van der Waals surface area contributed by atoms with Crippen LogP contribution in [0.5, 0.6) is 5.75 Å². The van der Waals surface area contributed by atoms with Crippen molar-refractivity contribution >= 4 is 34.6 Å². The first-order valence-corrected chi connectivity index (χ1v) is 11.5. The lowest BCUT2D eigenvalue weighted by Gasteiger charge is -2.19. The molecular formula is C28H22F3N5O2. The van der Waals surface area contributed by atoms with Gasteiger partial charge in [-0.3, -0.25) is 4.79 Å². The summed E-state index contributed by atoms with van der Waals surface area (Å²) in [6, 6.07) is 21.5. The predicted octanol–water partition coefficient (Wildman–Crippen LogP) is 6.79. The first kappa shape index (κ1) is 26.2. The van der Waals surface area contributed by atoms with Gasteiger partial charge in [-0.25, -0.2) is 9.83 Å². The van der Waals surface area contributed by atoms with E-state index in [1.54, 1.807) is 30.5 Å². The molecule has 0 radical (unpaired) electrons. The summed E-state index contributed by atoms with van der Waals surface area (Å²) >= 11 is 0. The number of rotatable bonds is 9. The minimum Gasteiger partial charge on any atom is -0.406 e. The number of Topliss-reactive ketones (excluding diaryl/α,β-unsaturated/α-hetero) is 1. The van der Waals surface area contributed by atoms with Crippen LogP contribution >= 0.6 is 0 Å². The number of anilines is 4. The molecule has 0 spiro atoms. The Bertz CT molecular complexity index is 1450. The van der Waals surface area contributed by atoms with Crippen molar-refractivity contribution in [3.63, 3.8) is 0 Å². The van der Waals surface area contributed by atoms with Crippen molar-refractivity contribution in [2.75, 3.05) is 17.3 Å². The third-order valence-corrected chi connectivity index (χ3v) is 5.50. The first-order chi connectivity index (χ1) is 18.2. The van der Waals surface area contributed by atoms with Crippen LogP contribution in [0.15, 0.2) is 85.1 Å². The number of carbonyl (C=O) groups is 1. The topological polar surface area (TPSA) is 71.7 Å². The Morgan fingerprint density at radius 2 is 1.66 bits per heavy atom. The van der Waals surface area contributed by atoms with Crippen LogP contribution in [0.2, 0.25) is 0 Å². The molecule has 192 valence electrons. The molecule has 1 heterocycles. The van der Waals surface area contributed by atoms with E-state index in [1.807, 2.05) is 42.3 Å². The molecule has 3 aromatic carbocycles. The van der Waals surface area contributed by atoms with Crippen molar-refractivity contribution < 1.29 is 22.7 Å². The van der Waals surface area contributed by atoms with E-state index in [2.05, 4.69) is 24.9 Å². The Labute approximate surface area is 217 Å². The van der Waals surface area contributed by atoms with Crippen molar-refractivity contribution in [1.82, 2.24) is 9.97 Å². The number of nitrogens with zero attached hydrogens (tertiary/aromatic N) is 4. The molecule has 38 heavy (non-hydrogen) atoms. The molecule has 4 aromatic rings. The molecule has 0 saturated carbocycles. The van der Waals surface area contributed by atoms with Gasteiger partial charge in [0.25, 0.3) is 0 Å². The lowest BCUT2D eigenvalue weighted by atomic mass is 10.0. The maximum absolute atomic E-state index is 12.5. The van der Waals surface area contributed by atoms with Gasteiger partial charge in [0.2, 0.25) is 5.95 Å². The number of carbonyl (C=O) groups excluding carboxylic acids is 1. The zero-order valence-corrected chi connectivity index (χ0v) is 20.2. The molecule has 1 N–H and O–H groups in total. The smallest absolute Gasteiger partial charge is 0.406 e. The van der Waals surface area contributed by atoms with Gasteiger partial charge in [0, 0.05) is 37.5 Å². The second-order valence-electron chi connectivity index (χ2n) is 8.34. The van der Waals surface area contributed by atoms with E-state index in [1.165, 1.54) is 24.3 Å². The minimum atomic E-state index is -4.75. The number of halogens is 3. The molecule has 7 nitrogen and oxygen atoms in total. The average molecular weight is 518 g/mol. The van der Waals surface area contributed by atoms with Gasteiger partial charge in [-0.05, 0) is 53.6 Å². The zero-order chi connectivity index (χ0) is 27.1. The first-order valence-electron chi connectivity index (χ1n) is 11.5. The molecule has 0 aliphatic carbocycles. The maximum Gasteiger partial charge on any atom is 0.573 e. The number of alkyl halides is 3. The fourth-order valence-electron chi connectivity index (χ4n) is 3.68. The van der Waals surface area contributed by atoms with Gasteiger partial charge in [0.15, 0.2) is 5.69 Å². The maximum atomic E-state index is 12.5. The standard InChI is InChI=1S/C28H22F3N5O2/c1-32-21-4-3-5-22(18-21)34-27-33-15-14-26(35-27)36(2)23-10-6-19(7-11-23)16-24(37)17-20-8-12-25(13-9-20)38-28(29,30)31/h3-15,18H,16-17H2,2H3,(H,33,34,35). The summed E-state index contributed by atoms with van der Waals surface area (Å²) in [7, 11) is 1.86. The molecule has 0 aliphatic heterocycles. The molecule has 0 saturated heterocycles. The third-order valence-electron chi connectivity index (χ3n) is 5.50. The summed E-state index contributed by atoms with van der Waals surface area (Å²) < 4.78 is 40.7. The lowest BCUT2D eigenvalue weighted by molar-refractivity contribution is -0.274. The molecule has 0 fully saturated rings. The fourth-order valence-corrected chi connectivity index (χ4v) is 3.68. The normalized spacial score (nSPS) is 10.9. The van der Waals surface area contributed by atoms with E-state index in [4.69, 9.17) is 6.57 Å². The van der Waals surface area contributed by atoms with Gasteiger partial charge < -0.3 is 15.0 Å². The van der Waals surface area contributed by atoms with Crippen LogP contribution < -0.4 is 15.0 Å². The second-order valence-corrected chi connectivity index (χ2v) is 8.34. The van der Waals surface area contributed by atoms with Crippen molar-refractivity contribution in [2.24, 2.45) is 0 Å². The van der Waals surface area contributed by atoms with Gasteiger partial charge in [-0.15, -0.1) is 13.2 Å². The number of benzene rings is 3. The number of ether oxygens (including phenoxy) is 1.